The highest BCUT2D eigenvalue weighted by Crippen LogP contribution is 2.28. The average Bonchev–Trinajstić information content (AvgIpc) is 3.16. The average molecular weight is 332 g/mol. The molecule has 3 aromatic heterocycles. The monoisotopic (exact) mass is 332 g/mol. The van der Waals surface area contributed by atoms with Crippen LogP contribution in [0.25, 0.3) is 22.3 Å². The van der Waals surface area contributed by atoms with Gasteiger partial charge in [0.1, 0.15) is 5.82 Å². The largest absolute Gasteiger partial charge is 0.353 e. The number of nitrogens with zero attached hydrogens (tertiary/aromatic N) is 4. The fourth-order valence-corrected chi connectivity index (χ4v) is 3.32. The molecule has 5 heteroatoms. The smallest absolute Gasteiger partial charge is 0.162 e. The van der Waals surface area contributed by atoms with Gasteiger partial charge in [0.2, 0.25) is 0 Å². The van der Waals surface area contributed by atoms with E-state index in [0.29, 0.717) is 6.54 Å². The van der Waals surface area contributed by atoms with E-state index in [1.807, 2.05) is 55.0 Å². The number of thiophene rings is 1. The van der Waals surface area contributed by atoms with Crippen LogP contribution in [0.1, 0.15) is 5.69 Å². The molecule has 118 valence electrons. The van der Waals surface area contributed by atoms with Crippen molar-refractivity contribution in [1.82, 2.24) is 15.0 Å². The topological polar surface area (TPSA) is 41.9 Å². The number of anilines is 1. The number of pyridine rings is 1. The maximum absolute atomic E-state index is 4.83. The summed E-state index contributed by atoms with van der Waals surface area (Å²) in [5.41, 5.74) is 3.02. The minimum absolute atomic E-state index is 0.699. The molecule has 1 aromatic carbocycles. The summed E-state index contributed by atoms with van der Waals surface area (Å²) < 4.78 is 0. The first-order valence-corrected chi connectivity index (χ1v) is 8.66. The first-order chi connectivity index (χ1) is 11.8. The highest BCUT2D eigenvalue weighted by molar-refractivity contribution is 7.08. The van der Waals surface area contributed by atoms with Crippen LogP contribution in [0, 0.1) is 0 Å². The molecule has 0 aliphatic heterocycles. The van der Waals surface area contributed by atoms with E-state index in [-0.39, 0.29) is 0 Å². The van der Waals surface area contributed by atoms with Crippen molar-refractivity contribution in [3.8, 4) is 11.4 Å². The fourth-order valence-electron chi connectivity index (χ4n) is 2.68. The van der Waals surface area contributed by atoms with E-state index in [1.165, 1.54) is 0 Å². The minimum atomic E-state index is 0.699. The van der Waals surface area contributed by atoms with Crippen molar-refractivity contribution in [2.24, 2.45) is 0 Å². The zero-order valence-corrected chi connectivity index (χ0v) is 14.1. The van der Waals surface area contributed by atoms with Gasteiger partial charge in [-0.3, -0.25) is 4.98 Å². The zero-order chi connectivity index (χ0) is 16.4. The Hall–Kier alpha value is -2.79. The molecule has 0 bridgehead atoms. The lowest BCUT2D eigenvalue weighted by Crippen LogP contribution is -2.19. The quantitative estimate of drug-likeness (QED) is 0.556. The third-order valence-corrected chi connectivity index (χ3v) is 4.53. The van der Waals surface area contributed by atoms with E-state index in [9.17, 15) is 0 Å². The van der Waals surface area contributed by atoms with Crippen molar-refractivity contribution < 1.29 is 0 Å². The van der Waals surface area contributed by atoms with Gasteiger partial charge in [0.15, 0.2) is 5.82 Å². The molecule has 4 aromatic rings. The van der Waals surface area contributed by atoms with Gasteiger partial charge in [-0.05, 0) is 35.7 Å². The molecule has 0 spiro atoms. The van der Waals surface area contributed by atoms with Gasteiger partial charge in [-0.15, -0.1) is 0 Å². The first-order valence-electron chi connectivity index (χ1n) is 7.71. The van der Waals surface area contributed by atoms with Gasteiger partial charge in [0.25, 0.3) is 0 Å². The Morgan fingerprint density at radius 1 is 1.00 bits per heavy atom. The minimum Gasteiger partial charge on any atom is -0.353 e. The second kappa shape index (κ2) is 6.37. The number of fused-ring (bicyclic) bond motifs is 1. The molecule has 0 aliphatic rings. The van der Waals surface area contributed by atoms with E-state index in [1.54, 1.807) is 11.3 Å². The molecule has 0 unspecified atom stereocenters. The zero-order valence-electron chi connectivity index (χ0n) is 13.3. The van der Waals surface area contributed by atoms with Crippen LogP contribution in [0.4, 0.5) is 5.82 Å². The van der Waals surface area contributed by atoms with Crippen LogP contribution < -0.4 is 4.90 Å². The molecule has 24 heavy (non-hydrogen) atoms. The second-order valence-corrected chi connectivity index (χ2v) is 6.36. The van der Waals surface area contributed by atoms with Crippen molar-refractivity contribution in [2.45, 2.75) is 6.54 Å². The van der Waals surface area contributed by atoms with Crippen molar-refractivity contribution in [3.63, 3.8) is 0 Å². The summed E-state index contributed by atoms with van der Waals surface area (Å²) in [5, 5.41) is 5.17. The van der Waals surface area contributed by atoms with Gasteiger partial charge in [-0.1, -0.05) is 18.2 Å². The van der Waals surface area contributed by atoms with Crippen LogP contribution >= 0.6 is 11.3 Å². The van der Waals surface area contributed by atoms with E-state index in [4.69, 9.17) is 9.97 Å². The molecular weight excluding hydrogens is 316 g/mol. The van der Waals surface area contributed by atoms with Crippen LogP contribution in [0.2, 0.25) is 0 Å². The van der Waals surface area contributed by atoms with Gasteiger partial charge in [-0.25, -0.2) is 9.97 Å². The van der Waals surface area contributed by atoms with Crippen molar-refractivity contribution in [3.05, 3.63) is 71.2 Å². The second-order valence-electron chi connectivity index (χ2n) is 5.58. The lowest BCUT2D eigenvalue weighted by molar-refractivity contribution is 0.869. The molecule has 0 saturated carbocycles. The molecule has 0 atom stereocenters. The van der Waals surface area contributed by atoms with E-state index in [0.717, 1.165) is 33.8 Å². The molecule has 4 nitrogen and oxygen atoms in total. The lowest BCUT2D eigenvalue weighted by atomic mass is 10.2. The van der Waals surface area contributed by atoms with Crippen molar-refractivity contribution in [2.75, 3.05) is 11.9 Å². The summed E-state index contributed by atoms with van der Waals surface area (Å²) >= 11 is 1.65. The summed E-state index contributed by atoms with van der Waals surface area (Å²) in [7, 11) is 2.04. The predicted molar refractivity (Wildman–Crippen MR) is 99.2 cm³/mol. The Morgan fingerprint density at radius 3 is 2.67 bits per heavy atom. The highest BCUT2D eigenvalue weighted by Gasteiger charge is 2.13. The lowest BCUT2D eigenvalue weighted by Gasteiger charge is -2.20. The number of para-hydroxylation sites is 1. The summed E-state index contributed by atoms with van der Waals surface area (Å²) in [4.78, 5) is 16.1. The van der Waals surface area contributed by atoms with Gasteiger partial charge in [0, 0.05) is 29.6 Å². The Bertz CT molecular complexity index is 952. The van der Waals surface area contributed by atoms with E-state index in [2.05, 4.69) is 27.4 Å². The van der Waals surface area contributed by atoms with Crippen LogP contribution in [0.15, 0.2) is 65.5 Å². The molecular formula is C19H16N4S. The molecule has 0 N–H and O–H groups in total. The number of benzene rings is 1. The van der Waals surface area contributed by atoms with Gasteiger partial charge < -0.3 is 4.90 Å². The number of hydrogen-bond donors (Lipinski definition) is 0. The Kier molecular flexibility index (Phi) is 3.92. The SMILES string of the molecule is CN(Cc1ccccn1)c1nc(-c2ccsc2)nc2ccccc12. The molecule has 4 rings (SSSR count). The maximum Gasteiger partial charge on any atom is 0.162 e. The third-order valence-electron chi connectivity index (χ3n) is 3.85. The highest BCUT2D eigenvalue weighted by atomic mass is 32.1. The molecule has 3 heterocycles. The molecule has 0 saturated heterocycles. The normalized spacial score (nSPS) is 10.9. The number of hydrogen-bond acceptors (Lipinski definition) is 5. The van der Waals surface area contributed by atoms with Crippen LogP contribution in [-0.4, -0.2) is 22.0 Å². The summed E-state index contributed by atoms with van der Waals surface area (Å²) in [6.07, 6.45) is 1.82. The van der Waals surface area contributed by atoms with Crippen molar-refractivity contribution in [1.29, 1.82) is 0 Å². The summed E-state index contributed by atoms with van der Waals surface area (Å²) in [6.45, 7) is 0.699. The van der Waals surface area contributed by atoms with Crippen LogP contribution in [0.3, 0.4) is 0 Å². The Labute approximate surface area is 144 Å². The Morgan fingerprint density at radius 2 is 1.88 bits per heavy atom. The van der Waals surface area contributed by atoms with E-state index >= 15 is 0 Å². The maximum atomic E-state index is 4.83. The predicted octanol–water partition coefficient (Wildman–Crippen LogP) is 4.39. The fraction of sp³-hybridized carbons (Fsp3) is 0.105. The molecule has 0 fully saturated rings. The first kappa shape index (κ1) is 14.8. The molecule has 0 radical (unpaired) electrons. The third kappa shape index (κ3) is 2.86. The van der Waals surface area contributed by atoms with Crippen LogP contribution in [-0.2, 0) is 6.54 Å². The number of aromatic nitrogens is 3. The summed E-state index contributed by atoms with van der Waals surface area (Å²) in [5.74, 6) is 1.69. The standard InChI is InChI=1S/C19H16N4S/c1-23(12-15-6-4-5-10-20-15)19-16-7-2-3-8-17(16)21-18(22-19)14-9-11-24-13-14/h2-11,13H,12H2,1H3. The van der Waals surface area contributed by atoms with Gasteiger partial charge >= 0.3 is 0 Å². The van der Waals surface area contributed by atoms with Crippen molar-refractivity contribution >= 4 is 28.1 Å². The number of rotatable bonds is 4. The van der Waals surface area contributed by atoms with Gasteiger partial charge in [0.05, 0.1) is 17.8 Å². The molecule has 0 amide bonds. The summed E-state index contributed by atoms with van der Waals surface area (Å²) in [6, 6.07) is 16.1. The van der Waals surface area contributed by atoms with Gasteiger partial charge in [-0.2, -0.15) is 11.3 Å². The van der Waals surface area contributed by atoms with E-state index < -0.39 is 0 Å². The van der Waals surface area contributed by atoms with Crippen LogP contribution in [0.5, 0.6) is 0 Å². The Balaban J connectivity index is 1.80. The molecule has 0 aliphatic carbocycles.